The van der Waals surface area contributed by atoms with Gasteiger partial charge in [0.1, 0.15) is 0 Å². The summed E-state index contributed by atoms with van der Waals surface area (Å²) in [5.41, 5.74) is 0.453. The number of fused-ring (bicyclic) bond motifs is 1. The minimum Gasteiger partial charge on any atom is -0.467 e. The van der Waals surface area contributed by atoms with Crippen LogP contribution in [0.25, 0.3) is 11.0 Å². The summed E-state index contributed by atoms with van der Waals surface area (Å²) in [5, 5.41) is 6.58. The molecule has 0 aliphatic rings. The molecule has 0 spiro atoms. The maximum Gasteiger partial charge on any atom is 0.417 e. The topological polar surface area (TPSA) is 69.0 Å². The van der Waals surface area contributed by atoms with E-state index >= 15 is 0 Å². The van der Waals surface area contributed by atoms with Crippen LogP contribution in [0.15, 0.2) is 36.4 Å². The fraction of sp³-hybridized carbons (Fsp3) is 0.316. The first-order chi connectivity index (χ1) is 13.3. The van der Waals surface area contributed by atoms with Crippen molar-refractivity contribution >= 4 is 16.9 Å². The normalized spacial score (nSPS) is 11.6. The van der Waals surface area contributed by atoms with Crippen molar-refractivity contribution in [1.82, 2.24) is 20.1 Å². The van der Waals surface area contributed by atoms with E-state index in [4.69, 9.17) is 4.74 Å². The number of ether oxygens (including phenoxy) is 1. The van der Waals surface area contributed by atoms with Gasteiger partial charge in [0.15, 0.2) is 12.3 Å². The van der Waals surface area contributed by atoms with Crippen molar-refractivity contribution in [2.45, 2.75) is 19.5 Å². The largest absolute Gasteiger partial charge is 0.467 e. The van der Waals surface area contributed by atoms with Crippen LogP contribution in [0.2, 0.25) is 0 Å². The predicted molar refractivity (Wildman–Crippen MR) is 96.9 cm³/mol. The molecule has 0 atom stereocenters. The minimum atomic E-state index is -4.59. The average molecular weight is 392 g/mol. The molecule has 0 aliphatic heterocycles. The number of aromatic nitrogens is 3. The number of aryl methyl sites for hydroxylation is 2. The zero-order valence-corrected chi connectivity index (χ0v) is 15.4. The molecule has 9 heteroatoms. The van der Waals surface area contributed by atoms with Gasteiger partial charge in [0.25, 0.3) is 5.91 Å². The molecule has 148 valence electrons. The molecule has 0 bridgehead atoms. The third-order valence-corrected chi connectivity index (χ3v) is 4.18. The highest BCUT2D eigenvalue weighted by atomic mass is 19.4. The lowest BCUT2D eigenvalue weighted by molar-refractivity contribution is -0.136. The number of amides is 1. The third-order valence-electron chi connectivity index (χ3n) is 4.18. The van der Waals surface area contributed by atoms with E-state index in [0.29, 0.717) is 13.0 Å². The van der Waals surface area contributed by atoms with Crippen molar-refractivity contribution in [3.63, 3.8) is 0 Å². The monoisotopic (exact) mass is 392 g/mol. The Balaban J connectivity index is 1.67. The van der Waals surface area contributed by atoms with E-state index < -0.39 is 24.3 Å². The van der Waals surface area contributed by atoms with Crippen LogP contribution in [0, 0.1) is 6.92 Å². The van der Waals surface area contributed by atoms with Gasteiger partial charge in [-0.05, 0) is 18.9 Å². The molecule has 28 heavy (non-hydrogen) atoms. The van der Waals surface area contributed by atoms with Crippen LogP contribution in [-0.4, -0.2) is 33.8 Å². The molecular weight excluding hydrogens is 373 g/mol. The molecule has 1 amide bonds. The molecule has 0 fully saturated rings. The highest BCUT2D eigenvalue weighted by Gasteiger charge is 2.35. The Labute approximate surface area is 159 Å². The molecule has 3 aromatic rings. The van der Waals surface area contributed by atoms with E-state index in [1.165, 1.54) is 18.7 Å². The molecule has 0 aliphatic carbocycles. The Morgan fingerprint density at radius 2 is 1.96 bits per heavy atom. The van der Waals surface area contributed by atoms with Crippen molar-refractivity contribution in [3.05, 3.63) is 53.2 Å². The quantitative estimate of drug-likeness (QED) is 0.700. The molecule has 3 rings (SSSR count). The number of hydrogen-bond acceptors (Lipinski definition) is 4. The summed E-state index contributed by atoms with van der Waals surface area (Å²) in [7, 11) is 1.50. The van der Waals surface area contributed by atoms with Gasteiger partial charge in [-0.2, -0.15) is 23.3 Å². The van der Waals surface area contributed by atoms with E-state index in [1.807, 2.05) is 30.3 Å². The Hall–Kier alpha value is -3.10. The first kappa shape index (κ1) is 19.7. The summed E-state index contributed by atoms with van der Waals surface area (Å²) < 4.78 is 46.7. The number of benzene rings is 1. The lowest BCUT2D eigenvalue weighted by Crippen LogP contribution is -2.30. The molecule has 2 aromatic heterocycles. The number of pyridine rings is 1. The summed E-state index contributed by atoms with van der Waals surface area (Å²) >= 11 is 0. The highest BCUT2D eigenvalue weighted by Crippen LogP contribution is 2.37. The van der Waals surface area contributed by atoms with Crippen LogP contribution in [0.5, 0.6) is 5.88 Å². The van der Waals surface area contributed by atoms with Crippen molar-refractivity contribution in [3.8, 4) is 5.88 Å². The van der Waals surface area contributed by atoms with Gasteiger partial charge in [0.2, 0.25) is 5.88 Å². The molecule has 2 heterocycles. The zero-order chi connectivity index (χ0) is 20.3. The fourth-order valence-electron chi connectivity index (χ4n) is 2.90. The molecule has 1 N–H and O–H groups in total. The van der Waals surface area contributed by atoms with Crippen molar-refractivity contribution in [1.29, 1.82) is 0 Å². The van der Waals surface area contributed by atoms with E-state index in [2.05, 4.69) is 15.4 Å². The van der Waals surface area contributed by atoms with Crippen LogP contribution in [0.4, 0.5) is 13.2 Å². The summed E-state index contributed by atoms with van der Waals surface area (Å²) in [6, 6.07) is 10.4. The average Bonchev–Trinajstić information content (AvgIpc) is 2.93. The number of nitrogens with zero attached hydrogens (tertiary/aromatic N) is 3. The second-order valence-electron chi connectivity index (χ2n) is 6.29. The molecule has 0 radical (unpaired) electrons. The van der Waals surface area contributed by atoms with Crippen LogP contribution in [0.3, 0.4) is 0 Å². The summed E-state index contributed by atoms with van der Waals surface area (Å²) in [6.07, 6.45) is -3.95. The minimum absolute atomic E-state index is 0.0480. The number of nitrogens with one attached hydrogen (secondary N) is 1. The second-order valence-corrected chi connectivity index (χ2v) is 6.29. The van der Waals surface area contributed by atoms with Gasteiger partial charge in [-0.15, -0.1) is 0 Å². The molecule has 0 saturated heterocycles. The maximum absolute atomic E-state index is 13.4. The predicted octanol–water partition coefficient (Wildman–Crippen LogP) is 3.03. The van der Waals surface area contributed by atoms with Gasteiger partial charge in [-0.3, -0.25) is 9.48 Å². The van der Waals surface area contributed by atoms with Gasteiger partial charge in [-0.25, -0.2) is 0 Å². The number of alkyl halides is 3. The Kier molecular flexibility index (Phi) is 5.53. The molecule has 1 aromatic carbocycles. The Morgan fingerprint density at radius 3 is 2.64 bits per heavy atom. The lowest BCUT2D eigenvalue weighted by Gasteiger charge is -2.12. The van der Waals surface area contributed by atoms with Crippen molar-refractivity contribution < 1.29 is 22.7 Å². The standard InChI is InChI=1S/C19H19F3N4O2/c1-12-17-14(19(20,21)22)10-16(24-18(17)26(2)25-12)28-11-15(27)23-9-8-13-6-4-3-5-7-13/h3-7,10H,8-9,11H2,1-2H3,(H,23,27). The van der Waals surface area contributed by atoms with Gasteiger partial charge in [-0.1, -0.05) is 30.3 Å². The number of hydrogen-bond donors (Lipinski definition) is 1. The molecular formula is C19H19F3N4O2. The van der Waals surface area contributed by atoms with Crippen LogP contribution in [-0.2, 0) is 24.4 Å². The number of carbonyl (C=O) groups is 1. The molecule has 0 saturated carbocycles. The first-order valence-corrected chi connectivity index (χ1v) is 8.60. The van der Waals surface area contributed by atoms with Crippen LogP contribution < -0.4 is 10.1 Å². The molecule has 0 unspecified atom stereocenters. The highest BCUT2D eigenvalue weighted by molar-refractivity contribution is 5.83. The second kappa shape index (κ2) is 7.87. The van der Waals surface area contributed by atoms with Crippen LogP contribution >= 0.6 is 0 Å². The zero-order valence-electron chi connectivity index (χ0n) is 15.4. The number of rotatable bonds is 6. The van der Waals surface area contributed by atoms with E-state index in [0.717, 1.165) is 11.6 Å². The fourth-order valence-corrected chi connectivity index (χ4v) is 2.90. The lowest BCUT2D eigenvalue weighted by atomic mass is 10.1. The van der Waals surface area contributed by atoms with Gasteiger partial charge >= 0.3 is 6.18 Å². The van der Waals surface area contributed by atoms with Gasteiger partial charge in [0.05, 0.1) is 16.6 Å². The first-order valence-electron chi connectivity index (χ1n) is 8.60. The number of halogens is 3. The Morgan fingerprint density at radius 1 is 1.25 bits per heavy atom. The van der Waals surface area contributed by atoms with Gasteiger partial charge in [0, 0.05) is 19.7 Å². The van der Waals surface area contributed by atoms with E-state index in [-0.39, 0.29) is 22.6 Å². The summed E-state index contributed by atoms with van der Waals surface area (Å²) in [6.45, 7) is 1.45. The van der Waals surface area contributed by atoms with E-state index in [9.17, 15) is 18.0 Å². The maximum atomic E-state index is 13.4. The summed E-state index contributed by atoms with van der Waals surface area (Å²) in [4.78, 5) is 16.0. The third kappa shape index (κ3) is 4.41. The SMILES string of the molecule is Cc1nn(C)c2nc(OCC(=O)NCCc3ccccc3)cc(C(F)(F)F)c12. The van der Waals surface area contributed by atoms with Gasteiger partial charge < -0.3 is 10.1 Å². The van der Waals surface area contributed by atoms with Crippen molar-refractivity contribution in [2.75, 3.05) is 13.2 Å². The van der Waals surface area contributed by atoms with E-state index in [1.54, 1.807) is 0 Å². The van der Waals surface area contributed by atoms with Crippen molar-refractivity contribution in [2.24, 2.45) is 7.05 Å². The summed E-state index contributed by atoms with van der Waals surface area (Å²) in [5.74, 6) is -0.714. The molecule has 6 nitrogen and oxygen atoms in total. The number of carbonyl (C=O) groups excluding carboxylic acids is 1. The van der Waals surface area contributed by atoms with Crippen LogP contribution in [0.1, 0.15) is 16.8 Å². The smallest absolute Gasteiger partial charge is 0.417 e. The Bertz CT molecular complexity index is 984.